The summed E-state index contributed by atoms with van der Waals surface area (Å²) >= 11 is 0. The molecule has 0 aliphatic carbocycles. The lowest BCUT2D eigenvalue weighted by Crippen LogP contribution is -2.28. The minimum Gasteiger partial charge on any atom is -0.496 e. The summed E-state index contributed by atoms with van der Waals surface area (Å²) in [5.41, 5.74) is 1.20. The minimum absolute atomic E-state index is 0.283. The molecule has 0 saturated carbocycles. The fraction of sp³-hybridized carbons (Fsp3) is 0.429. The standard InChI is InChI=1S/C14H21NO/c1-5-8-11(2)15-12(3)13-9-6-7-10-14(13)16-4/h5-7,9-12,15H,1,8H2,2-4H3. The van der Waals surface area contributed by atoms with Crippen LogP contribution in [-0.4, -0.2) is 13.2 Å². The third-order valence-corrected chi connectivity index (χ3v) is 2.66. The first kappa shape index (κ1) is 12.8. The van der Waals surface area contributed by atoms with Crippen molar-refractivity contribution in [2.45, 2.75) is 32.4 Å². The van der Waals surface area contributed by atoms with Gasteiger partial charge in [0.1, 0.15) is 5.75 Å². The van der Waals surface area contributed by atoms with Crippen LogP contribution >= 0.6 is 0 Å². The van der Waals surface area contributed by atoms with E-state index in [9.17, 15) is 0 Å². The first-order valence-corrected chi connectivity index (χ1v) is 5.69. The average molecular weight is 219 g/mol. The van der Waals surface area contributed by atoms with Gasteiger partial charge < -0.3 is 10.1 Å². The maximum atomic E-state index is 5.35. The van der Waals surface area contributed by atoms with Gasteiger partial charge >= 0.3 is 0 Å². The highest BCUT2D eigenvalue weighted by molar-refractivity contribution is 5.35. The van der Waals surface area contributed by atoms with Gasteiger partial charge in [-0.2, -0.15) is 0 Å². The molecule has 2 heteroatoms. The number of nitrogens with one attached hydrogen (secondary N) is 1. The highest BCUT2D eigenvalue weighted by Crippen LogP contribution is 2.24. The molecule has 1 aromatic rings. The van der Waals surface area contributed by atoms with Crippen molar-refractivity contribution in [1.29, 1.82) is 0 Å². The first-order chi connectivity index (χ1) is 7.69. The number of methoxy groups -OCH3 is 1. The smallest absolute Gasteiger partial charge is 0.123 e. The van der Waals surface area contributed by atoms with Gasteiger partial charge in [0, 0.05) is 17.6 Å². The quantitative estimate of drug-likeness (QED) is 0.741. The van der Waals surface area contributed by atoms with Crippen molar-refractivity contribution in [2.24, 2.45) is 0 Å². The van der Waals surface area contributed by atoms with Crippen LogP contribution in [-0.2, 0) is 0 Å². The molecular formula is C14H21NO. The fourth-order valence-corrected chi connectivity index (χ4v) is 1.86. The van der Waals surface area contributed by atoms with E-state index in [1.807, 2.05) is 24.3 Å². The van der Waals surface area contributed by atoms with E-state index in [0.29, 0.717) is 6.04 Å². The van der Waals surface area contributed by atoms with Gasteiger partial charge in [-0.1, -0.05) is 24.3 Å². The Morgan fingerprint density at radius 3 is 2.69 bits per heavy atom. The van der Waals surface area contributed by atoms with Crippen molar-refractivity contribution in [2.75, 3.05) is 7.11 Å². The van der Waals surface area contributed by atoms with Crippen molar-refractivity contribution in [3.8, 4) is 5.75 Å². The van der Waals surface area contributed by atoms with E-state index in [4.69, 9.17) is 4.74 Å². The molecule has 0 aliphatic rings. The van der Waals surface area contributed by atoms with Crippen LogP contribution in [0.3, 0.4) is 0 Å². The van der Waals surface area contributed by atoms with E-state index in [1.165, 1.54) is 5.56 Å². The Labute approximate surface area is 98.3 Å². The van der Waals surface area contributed by atoms with Crippen LogP contribution in [0.1, 0.15) is 31.9 Å². The zero-order chi connectivity index (χ0) is 12.0. The number of benzene rings is 1. The van der Waals surface area contributed by atoms with Crippen LogP contribution in [0.5, 0.6) is 5.75 Å². The van der Waals surface area contributed by atoms with Gasteiger partial charge in [-0.15, -0.1) is 6.58 Å². The van der Waals surface area contributed by atoms with Gasteiger partial charge in [0.2, 0.25) is 0 Å². The SMILES string of the molecule is C=CCC(C)NC(C)c1ccccc1OC. The topological polar surface area (TPSA) is 21.3 Å². The number of ether oxygens (including phenoxy) is 1. The van der Waals surface area contributed by atoms with Gasteiger partial charge in [-0.05, 0) is 26.3 Å². The molecule has 0 heterocycles. The second-order valence-corrected chi connectivity index (χ2v) is 4.06. The van der Waals surface area contributed by atoms with E-state index < -0.39 is 0 Å². The lowest BCUT2D eigenvalue weighted by Gasteiger charge is -2.21. The summed E-state index contributed by atoms with van der Waals surface area (Å²) in [5.74, 6) is 0.938. The molecule has 88 valence electrons. The second kappa shape index (κ2) is 6.33. The van der Waals surface area contributed by atoms with E-state index in [1.54, 1.807) is 7.11 Å². The molecule has 2 atom stereocenters. The predicted octanol–water partition coefficient (Wildman–Crippen LogP) is 3.31. The Hall–Kier alpha value is -1.28. The average Bonchev–Trinajstić information content (AvgIpc) is 2.29. The maximum absolute atomic E-state index is 5.35. The summed E-state index contributed by atoms with van der Waals surface area (Å²) in [7, 11) is 1.71. The molecule has 0 aromatic heterocycles. The number of rotatable bonds is 6. The Kier molecular flexibility index (Phi) is 5.06. The Bertz CT molecular complexity index is 335. The molecule has 0 fully saturated rings. The van der Waals surface area contributed by atoms with Crippen LogP contribution < -0.4 is 10.1 Å². The summed E-state index contributed by atoms with van der Waals surface area (Å²) in [6, 6.07) is 8.82. The van der Waals surface area contributed by atoms with Crippen molar-refractivity contribution < 1.29 is 4.74 Å². The summed E-state index contributed by atoms with van der Waals surface area (Å²) < 4.78 is 5.35. The molecule has 2 nitrogen and oxygen atoms in total. The molecule has 16 heavy (non-hydrogen) atoms. The molecule has 0 bridgehead atoms. The van der Waals surface area contributed by atoms with E-state index in [0.717, 1.165) is 12.2 Å². The molecule has 1 aromatic carbocycles. The van der Waals surface area contributed by atoms with E-state index in [-0.39, 0.29) is 6.04 Å². The first-order valence-electron chi connectivity index (χ1n) is 5.69. The van der Waals surface area contributed by atoms with Crippen LogP contribution in [0, 0.1) is 0 Å². The van der Waals surface area contributed by atoms with Gasteiger partial charge in [-0.25, -0.2) is 0 Å². The number of hydrogen-bond acceptors (Lipinski definition) is 2. The Balaban J connectivity index is 2.71. The second-order valence-electron chi connectivity index (χ2n) is 4.06. The van der Waals surface area contributed by atoms with Crippen molar-refractivity contribution in [3.05, 3.63) is 42.5 Å². The number of hydrogen-bond donors (Lipinski definition) is 1. The molecule has 1 N–H and O–H groups in total. The van der Waals surface area contributed by atoms with E-state index in [2.05, 4.69) is 31.8 Å². The number of para-hydroxylation sites is 1. The van der Waals surface area contributed by atoms with Gasteiger partial charge in [0.05, 0.1) is 7.11 Å². The third-order valence-electron chi connectivity index (χ3n) is 2.66. The molecule has 0 saturated heterocycles. The molecule has 0 spiro atoms. The summed E-state index contributed by atoms with van der Waals surface area (Å²) in [5, 5.41) is 3.52. The van der Waals surface area contributed by atoms with Crippen LogP contribution in [0.15, 0.2) is 36.9 Å². The summed E-state index contributed by atoms with van der Waals surface area (Å²) in [6.07, 6.45) is 2.91. The Morgan fingerprint density at radius 2 is 2.06 bits per heavy atom. The van der Waals surface area contributed by atoms with Gasteiger partial charge in [0.25, 0.3) is 0 Å². The highest BCUT2D eigenvalue weighted by Gasteiger charge is 2.12. The molecule has 0 amide bonds. The van der Waals surface area contributed by atoms with Gasteiger partial charge in [-0.3, -0.25) is 0 Å². The van der Waals surface area contributed by atoms with Crippen LogP contribution in [0.2, 0.25) is 0 Å². The minimum atomic E-state index is 0.283. The van der Waals surface area contributed by atoms with Crippen molar-refractivity contribution >= 4 is 0 Å². The third kappa shape index (κ3) is 3.38. The molecule has 0 radical (unpaired) electrons. The summed E-state index contributed by atoms with van der Waals surface area (Å²) in [6.45, 7) is 8.06. The molecule has 0 aliphatic heterocycles. The monoisotopic (exact) mass is 219 g/mol. The Morgan fingerprint density at radius 1 is 1.38 bits per heavy atom. The van der Waals surface area contributed by atoms with E-state index >= 15 is 0 Å². The normalized spacial score (nSPS) is 14.2. The van der Waals surface area contributed by atoms with Gasteiger partial charge in [0.15, 0.2) is 0 Å². The largest absolute Gasteiger partial charge is 0.496 e. The van der Waals surface area contributed by atoms with Crippen LogP contribution in [0.4, 0.5) is 0 Å². The lowest BCUT2D eigenvalue weighted by molar-refractivity contribution is 0.396. The highest BCUT2D eigenvalue weighted by atomic mass is 16.5. The van der Waals surface area contributed by atoms with Crippen LogP contribution in [0.25, 0.3) is 0 Å². The zero-order valence-electron chi connectivity index (χ0n) is 10.4. The fourth-order valence-electron chi connectivity index (χ4n) is 1.86. The molecular weight excluding hydrogens is 198 g/mol. The molecule has 1 rings (SSSR count). The predicted molar refractivity (Wildman–Crippen MR) is 68.8 cm³/mol. The van der Waals surface area contributed by atoms with Crippen molar-refractivity contribution in [3.63, 3.8) is 0 Å². The zero-order valence-corrected chi connectivity index (χ0v) is 10.4. The van der Waals surface area contributed by atoms with Crippen molar-refractivity contribution in [1.82, 2.24) is 5.32 Å². The summed E-state index contributed by atoms with van der Waals surface area (Å²) in [4.78, 5) is 0. The molecule has 2 unspecified atom stereocenters. The maximum Gasteiger partial charge on any atom is 0.123 e. The lowest BCUT2D eigenvalue weighted by atomic mass is 10.1.